The highest BCUT2D eigenvalue weighted by Gasteiger charge is 2.51. The van der Waals surface area contributed by atoms with E-state index < -0.39 is 105 Å². The Labute approximate surface area is 371 Å². The summed E-state index contributed by atoms with van der Waals surface area (Å²) in [7, 11) is -2.64. The van der Waals surface area contributed by atoms with Crippen LogP contribution in [0.5, 0.6) is 5.75 Å². The number of ketones is 1. The van der Waals surface area contributed by atoms with E-state index in [1.54, 1.807) is 72.8 Å². The van der Waals surface area contributed by atoms with Gasteiger partial charge in [0.25, 0.3) is 5.78 Å². The summed E-state index contributed by atoms with van der Waals surface area (Å²) in [5.41, 5.74) is 7.33. The van der Waals surface area contributed by atoms with E-state index in [1.807, 2.05) is 0 Å². The molecule has 3 aromatic carbocycles. The fourth-order valence-corrected chi connectivity index (χ4v) is 9.60. The normalized spacial score (nSPS) is 18.3. The van der Waals surface area contributed by atoms with Crippen molar-refractivity contribution in [2.24, 2.45) is 11.7 Å². The van der Waals surface area contributed by atoms with E-state index in [-0.39, 0.29) is 13.0 Å². The first-order chi connectivity index (χ1) is 29.8. The van der Waals surface area contributed by atoms with Crippen molar-refractivity contribution in [2.45, 2.75) is 106 Å². The number of ether oxygens (including phenoxy) is 1. The van der Waals surface area contributed by atoms with Crippen LogP contribution in [-0.4, -0.2) is 97.3 Å². The van der Waals surface area contributed by atoms with Crippen LogP contribution < -0.4 is 21.1 Å². The number of sulfone groups is 1. The number of amides is 3. The maximum absolute atomic E-state index is 14.9. The minimum Gasteiger partial charge on any atom is -0.497 e. The van der Waals surface area contributed by atoms with Gasteiger partial charge < -0.3 is 31.1 Å². The highest BCUT2D eigenvalue weighted by molar-refractivity contribution is 7.91. The van der Waals surface area contributed by atoms with Gasteiger partial charge in [0.2, 0.25) is 17.7 Å². The van der Waals surface area contributed by atoms with E-state index in [4.69, 9.17) is 32.0 Å². The van der Waals surface area contributed by atoms with Gasteiger partial charge in [-0.25, -0.2) is 13.2 Å². The third-order valence-electron chi connectivity index (χ3n) is 11.2. The number of carbonyl (C=O) groups excluding carboxylic acids is 4. The number of nitrogens with zero attached hydrogens (tertiary/aromatic N) is 1. The van der Waals surface area contributed by atoms with Crippen molar-refractivity contribution in [3.8, 4) is 5.75 Å². The minimum atomic E-state index is -5.27. The first kappa shape index (κ1) is 51.4. The first-order valence-corrected chi connectivity index (χ1v) is 22.1. The molecule has 1 saturated heterocycles. The van der Waals surface area contributed by atoms with Crippen LogP contribution in [0.1, 0.15) is 68.2 Å². The van der Waals surface area contributed by atoms with Crippen molar-refractivity contribution < 1.29 is 68.6 Å². The lowest BCUT2D eigenvalue weighted by atomic mass is 9.77. The number of halogens is 7. The summed E-state index contributed by atoms with van der Waals surface area (Å²) in [5, 5.41) is 11.4. The molecule has 1 saturated carbocycles. The smallest absolute Gasteiger partial charge is 0.490 e. The molecule has 4 atom stereocenters. The molecule has 2 fully saturated rings. The molecule has 0 aromatic heterocycles. The molecule has 1 heterocycles. The van der Waals surface area contributed by atoms with E-state index in [2.05, 4.69) is 10.6 Å². The zero-order chi connectivity index (χ0) is 47.8. The Morgan fingerprint density at radius 3 is 1.88 bits per heavy atom. The molecule has 0 radical (unpaired) electrons. The summed E-state index contributed by atoms with van der Waals surface area (Å²) in [4.78, 5) is 65.7. The number of likely N-dealkylation sites (tertiary alicyclic amines) is 1. The van der Waals surface area contributed by atoms with E-state index >= 15 is 0 Å². The number of rotatable bonds is 15. The third kappa shape index (κ3) is 13.0. The van der Waals surface area contributed by atoms with E-state index in [9.17, 15) is 53.9 Å². The number of hydrogen-bond donors (Lipinski definition) is 4. The zero-order valence-corrected chi connectivity index (χ0v) is 36.5. The van der Waals surface area contributed by atoms with Crippen molar-refractivity contribution in [1.82, 2.24) is 15.5 Å². The van der Waals surface area contributed by atoms with Crippen LogP contribution in [0.25, 0.3) is 0 Å². The van der Waals surface area contributed by atoms with Gasteiger partial charge in [-0.15, -0.1) is 0 Å². The fourth-order valence-electron chi connectivity index (χ4n) is 7.72. The van der Waals surface area contributed by atoms with Gasteiger partial charge in [0.15, 0.2) is 9.84 Å². The molecule has 2 aliphatic rings. The molecule has 3 aromatic rings. The molecule has 0 unspecified atom stereocenters. The van der Waals surface area contributed by atoms with Gasteiger partial charge in [0.1, 0.15) is 17.8 Å². The molecule has 13 nitrogen and oxygen atoms in total. The standard InChI is InChI=1S/C41H48ClF3N4O7S.C2HF3O2/c1-25(2)35(36(50)41(43,44)45)48-37(51)34-21-32(57(54,55)24-28-10-16-31(56-3)17-11-28)23-49(34)38(52)33(20-26-6-8-27(22-46)9-7-26)47-39(53)40(18-4-5-19-40)29-12-14-30(42)15-13-29;3-2(4,5)1(6)7/h6-17,25,32-35H,4-5,18-24,46H2,1-3H3,(H,47,53)(H,48,51);(H,6,7)/t32-,33+,34+,35+;/m1./s1. The zero-order valence-electron chi connectivity index (χ0n) is 35.0. The number of methoxy groups -OCH3 is 1. The topological polar surface area (TPSA) is 202 Å². The van der Waals surface area contributed by atoms with E-state index in [0.717, 1.165) is 23.3 Å². The molecule has 1 aliphatic heterocycles. The van der Waals surface area contributed by atoms with Crippen molar-refractivity contribution in [2.75, 3.05) is 13.7 Å². The molecule has 5 N–H and O–H groups in total. The number of carbonyl (C=O) groups is 5. The minimum absolute atomic E-state index is 0.0681. The Hall–Kier alpha value is -5.21. The predicted molar refractivity (Wildman–Crippen MR) is 223 cm³/mol. The van der Waals surface area contributed by atoms with Crippen molar-refractivity contribution in [3.63, 3.8) is 0 Å². The summed E-state index contributed by atoms with van der Waals surface area (Å²) in [6.45, 7) is 2.43. The second kappa shape index (κ2) is 21.2. The number of nitrogens with two attached hydrogens (primary N) is 1. The highest BCUT2D eigenvalue weighted by Crippen LogP contribution is 2.42. The summed E-state index contributed by atoms with van der Waals surface area (Å²) in [5.74, 6) is -8.27. The molecule has 350 valence electrons. The molecule has 64 heavy (non-hydrogen) atoms. The summed E-state index contributed by atoms with van der Waals surface area (Å²) < 4.78 is 106. The van der Waals surface area contributed by atoms with Crippen molar-refractivity contribution >= 4 is 50.9 Å². The van der Waals surface area contributed by atoms with Crippen LogP contribution in [0.4, 0.5) is 26.3 Å². The Bertz CT molecular complexity index is 2240. The van der Waals surface area contributed by atoms with Crippen LogP contribution >= 0.6 is 11.6 Å². The number of hydrogen-bond acceptors (Lipinski definition) is 9. The summed E-state index contributed by atoms with van der Waals surface area (Å²) >= 11 is 6.17. The fraction of sp³-hybridized carbons (Fsp3) is 0.465. The average molecular weight is 947 g/mol. The number of Topliss-reactive ketones (excluding diaryl/α,β-unsaturated/α-hetero) is 1. The lowest BCUT2D eigenvalue weighted by molar-refractivity contribution is -0.192. The highest BCUT2D eigenvalue weighted by atomic mass is 35.5. The number of carboxylic acids is 1. The van der Waals surface area contributed by atoms with Crippen LogP contribution in [0.15, 0.2) is 72.8 Å². The Balaban J connectivity index is 0.00000118. The van der Waals surface area contributed by atoms with E-state index in [1.165, 1.54) is 21.0 Å². The van der Waals surface area contributed by atoms with Crippen LogP contribution in [0.3, 0.4) is 0 Å². The number of aliphatic carboxylic acids is 1. The second-order valence-corrected chi connectivity index (χ2v) is 18.7. The SMILES string of the molecule is COc1ccc(CS(=O)(=O)[C@@H]2C[C@@H](C(=O)N[C@H](C(=O)C(F)(F)F)C(C)C)N(C(=O)[C@H](Cc3ccc(CN)cc3)NC(=O)C3(c4ccc(Cl)cc4)CCCC3)C2)cc1.O=C(O)C(F)(F)F. The molecule has 5 rings (SSSR count). The Morgan fingerprint density at radius 2 is 1.39 bits per heavy atom. The predicted octanol–water partition coefficient (Wildman–Crippen LogP) is 5.84. The largest absolute Gasteiger partial charge is 0.497 e. The molecule has 0 spiro atoms. The molecule has 3 amide bonds. The van der Waals surface area contributed by atoms with Gasteiger partial charge in [0, 0.05) is 24.5 Å². The quantitative estimate of drug-likeness (QED) is 0.134. The number of benzene rings is 3. The monoisotopic (exact) mass is 946 g/mol. The molecule has 21 heteroatoms. The first-order valence-electron chi connectivity index (χ1n) is 20.0. The lowest BCUT2D eigenvalue weighted by Crippen LogP contribution is -2.58. The van der Waals surface area contributed by atoms with Gasteiger partial charge in [-0.3, -0.25) is 19.2 Å². The van der Waals surface area contributed by atoms with Gasteiger partial charge in [-0.1, -0.05) is 86.8 Å². The Morgan fingerprint density at radius 1 is 0.859 bits per heavy atom. The van der Waals surface area contributed by atoms with E-state index in [0.29, 0.717) is 40.3 Å². The molecular formula is C43H49ClF6N4O9S. The van der Waals surface area contributed by atoms with Crippen molar-refractivity contribution in [1.29, 1.82) is 0 Å². The van der Waals surface area contributed by atoms with Gasteiger partial charge >= 0.3 is 18.3 Å². The third-order valence-corrected chi connectivity index (χ3v) is 13.6. The second-order valence-electron chi connectivity index (χ2n) is 16.0. The molecular weight excluding hydrogens is 898 g/mol. The lowest BCUT2D eigenvalue weighted by Gasteiger charge is -2.34. The van der Waals surface area contributed by atoms with Crippen LogP contribution in [0, 0.1) is 5.92 Å². The van der Waals surface area contributed by atoms with Gasteiger partial charge in [0.05, 0.1) is 29.6 Å². The molecule has 1 aliphatic carbocycles. The number of alkyl halides is 6. The summed E-state index contributed by atoms with van der Waals surface area (Å²) in [6, 6.07) is 15.3. The van der Waals surface area contributed by atoms with Gasteiger partial charge in [-0.05, 0) is 71.7 Å². The summed E-state index contributed by atoms with van der Waals surface area (Å²) in [6.07, 6.45) is -8.43. The van der Waals surface area contributed by atoms with Crippen molar-refractivity contribution in [3.05, 3.63) is 100 Å². The maximum atomic E-state index is 14.9. The van der Waals surface area contributed by atoms with Crippen LogP contribution in [-0.2, 0) is 57.9 Å². The van der Waals surface area contributed by atoms with Crippen LogP contribution in [0.2, 0.25) is 5.02 Å². The number of carboxylic acid groups (broad SMARTS) is 1. The number of nitrogens with one attached hydrogen (secondary N) is 2. The molecule has 0 bridgehead atoms. The Kier molecular flexibility index (Phi) is 17.0. The van der Waals surface area contributed by atoms with Gasteiger partial charge in [-0.2, -0.15) is 26.3 Å². The maximum Gasteiger partial charge on any atom is 0.490 e. The average Bonchev–Trinajstić information content (AvgIpc) is 3.92.